The van der Waals surface area contributed by atoms with Gasteiger partial charge < -0.3 is 15.2 Å². The molecule has 1 aliphatic rings. The molecule has 0 saturated carbocycles. The van der Waals surface area contributed by atoms with Gasteiger partial charge in [0.25, 0.3) is 5.91 Å². The predicted molar refractivity (Wildman–Crippen MR) is 110 cm³/mol. The second kappa shape index (κ2) is 9.84. The zero-order valence-corrected chi connectivity index (χ0v) is 17.5. The molecule has 1 amide bonds. The SMILES string of the molecule is COc1ccc(CN2CCCC(n3cc(C(=O)NCCCO)nn3)C2)c(C)c1C. The summed E-state index contributed by atoms with van der Waals surface area (Å²) < 4.78 is 7.24. The van der Waals surface area contributed by atoms with Gasteiger partial charge in [0, 0.05) is 26.2 Å². The number of hydrogen-bond donors (Lipinski definition) is 2. The van der Waals surface area contributed by atoms with Crippen LogP contribution < -0.4 is 10.1 Å². The molecular formula is C21H31N5O3. The van der Waals surface area contributed by atoms with Crippen molar-refractivity contribution < 1.29 is 14.6 Å². The van der Waals surface area contributed by atoms with Crippen LogP contribution in [0.5, 0.6) is 5.75 Å². The first kappa shape index (κ1) is 21.3. The van der Waals surface area contributed by atoms with E-state index < -0.39 is 0 Å². The lowest BCUT2D eigenvalue weighted by atomic mass is 10.00. The minimum atomic E-state index is -0.248. The van der Waals surface area contributed by atoms with Crippen LogP contribution >= 0.6 is 0 Å². The highest BCUT2D eigenvalue weighted by Crippen LogP contribution is 2.27. The Morgan fingerprint density at radius 3 is 2.93 bits per heavy atom. The molecule has 1 atom stereocenters. The normalized spacial score (nSPS) is 17.3. The minimum absolute atomic E-state index is 0.0536. The largest absolute Gasteiger partial charge is 0.496 e. The van der Waals surface area contributed by atoms with Gasteiger partial charge in [-0.25, -0.2) is 4.68 Å². The third-order valence-electron chi connectivity index (χ3n) is 5.68. The number of hydrogen-bond acceptors (Lipinski definition) is 6. The first-order valence-corrected chi connectivity index (χ1v) is 10.2. The van der Waals surface area contributed by atoms with E-state index in [0.29, 0.717) is 18.7 Å². The molecule has 8 nitrogen and oxygen atoms in total. The lowest BCUT2D eigenvalue weighted by molar-refractivity contribution is 0.0946. The van der Waals surface area contributed by atoms with Crippen LogP contribution in [0.2, 0.25) is 0 Å². The molecule has 1 aromatic heterocycles. The van der Waals surface area contributed by atoms with Crippen molar-refractivity contribution in [1.29, 1.82) is 0 Å². The van der Waals surface area contributed by atoms with Crippen molar-refractivity contribution in [2.75, 3.05) is 33.4 Å². The fraction of sp³-hybridized carbons (Fsp3) is 0.571. The number of nitrogens with zero attached hydrogens (tertiary/aromatic N) is 4. The maximum Gasteiger partial charge on any atom is 0.273 e. The van der Waals surface area contributed by atoms with Gasteiger partial charge in [-0.15, -0.1) is 5.10 Å². The van der Waals surface area contributed by atoms with Crippen molar-refractivity contribution in [3.63, 3.8) is 0 Å². The molecule has 1 unspecified atom stereocenters. The van der Waals surface area contributed by atoms with E-state index in [1.165, 1.54) is 16.7 Å². The van der Waals surface area contributed by atoms with Crippen molar-refractivity contribution in [1.82, 2.24) is 25.2 Å². The van der Waals surface area contributed by atoms with Gasteiger partial charge in [-0.3, -0.25) is 9.69 Å². The molecule has 2 heterocycles. The van der Waals surface area contributed by atoms with Crippen molar-refractivity contribution in [3.8, 4) is 5.75 Å². The molecule has 0 bridgehead atoms. The number of aromatic nitrogens is 3. The highest BCUT2D eigenvalue weighted by Gasteiger charge is 2.24. The van der Waals surface area contributed by atoms with Crippen molar-refractivity contribution in [2.24, 2.45) is 0 Å². The minimum Gasteiger partial charge on any atom is -0.496 e. The summed E-state index contributed by atoms with van der Waals surface area (Å²) in [6.45, 7) is 7.53. The molecule has 0 spiro atoms. The average Bonchev–Trinajstić information content (AvgIpc) is 3.22. The molecule has 2 aromatic rings. The number of aliphatic hydroxyl groups excluding tert-OH is 1. The summed E-state index contributed by atoms with van der Waals surface area (Å²) in [4.78, 5) is 14.5. The Hall–Kier alpha value is -2.45. The Morgan fingerprint density at radius 2 is 2.17 bits per heavy atom. The molecular weight excluding hydrogens is 370 g/mol. The summed E-state index contributed by atoms with van der Waals surface area (Å²) in [7, 11) is 1.70. The number of aliphatic hydroxyl groups is 1. The Kier molecular flexibility index (Phi) is 7.22. The van der Waals surface area contributed by atoms with Crippen LogP contribution in [0.25, 0.3) is 0 Å². The lowest BCUT2D eigenvalue weighted by Gasteiger charge is -2.33. The summed E-state index contributed by atoms with van der Waals surface area (Å²) in [6.07, 6.45) is 4.36. The first-order valence-electron chi connectivity index (χ1n) is 10.2. The van der Waals surface area contributed by atoms with Crippen LogP contribution in [0.4, 0.5) is 0 Å². The number of nitrogens with one attached hydrogen (secondary N) is 1. The highest BCUT2D eigenvalue weighted by atomic mass is 16.5. The van der Waals surface area contributed by atoms with Gasteiger partial charge in [0.1, 0.15) is 5.75 Å². The third-order valence-corrected chi connectivity index (χ3v) is 5.68. The van der Waals surface area contributed by atoms with Crippen molar-refractivity contribution in [3.05, 3.63) is 40.7 Å². The van der Waals surface area contributed by atoms with Gasteiger partial charge in [-0.1, -0.05) is 11.3 Å². The number of carbonyl (C=O) groups is 1. The van der Waals surface area contributed by atoms with Crippen LogP contribution in [0.15, 0.2) is 18.3 Å². The number of amides is 1. The van der Waals surface area contributed by atoms with E-state index in [2.05, 4.69) is 40.4 Å². The van der Waals surface area contributed by atoms with E-state index >= 15 is 0 Å². The highest BCUT2D eigenvalue weighted by molar-refractivity contribution is 5.91. The Bertz CT molecular complexity index is 836. The number of likely N-dealkylation sites (tertiary alicyclic amines) is 1. The van der Waals surface area contributed by atoms with Crippen molar-refractivity contribution >= 4 is 5.91 Å². The summed E-state index contributed by atoms with van der Waals surface area (Å²) >= 11 is 0. The second-order valence-electron chi connectivity index (χ2n) is 7.62. The summed E-state index contributed by atoms with van der Waals surface area (Å²) in [5.74, 6) is 0.678. The zero-order chi connectivity index (χ0) is 20.8. The van der Waals surface area contributed by atoms with Crippen LogP contribution in [-0.4, -0.2) is 64.3 Å². The maximum absolute atomic E-state index is 12.1. The standard InChI is InChI=1S/C21H31N5O3/c1-15-16(2)20(29-3)8-7-17(15)12-25-10-4-6-18(13-25)26-14-19(23-24-26)21(28)22-9-5-11-27/h7-8,14,18,27H,4-6,9-13H2,1-3H3,(H,22,28). The van der Waals surface area contributed by atoms with Gasteiger partial charge in [0.15, 0.2) is 5.69 Å². The van der Waals surface area contributed by atoms with Crippen LogP contribution in [0.1, 0.15) is 52.5 Å². The van der Waals surface area contributed by atoms with E-state index in [0.717, 1.165) is 38.2 Å². The monoisotopic (exact) mass is 401 g/mol. The molecule has 0 radical (unpaired) electrons. The molecule has 1 fully saturated rings. The number of carbonyl (C=O) groups excluding carboxylic acids is 1. The smallest absolute Gasteiger partial charge is 0.273 e. The molecule has 1 aliphatic heterocycles. The third kappa shape index (κ3) is 5.13. The van der Waals surface area contributed by atoms with Crippen molar-refractivity contribution in [2.45, 2.75) is 45.7 Å². The molecule has 0 aliphatic carbocycles. The van der Waals surface area contributed by atoms with Gasteiger partial charge in [-0.2, -0.15) is 0 Å². The average molecular weight is 402 g/mol. The van der Waals surface area contributed by atoms with Crippen LogP contribution in [-0.2, 0) is 6.54 Å². The van der Waals surface area contributed by atoms with E-state index in [-0.39, 0.29) is 18.6 Å². The fourth-order valence-corrected chi connectivity index (χ4v) is 3.81. The lowest BCUT2D eigenvalue weighted by Crippen LogP contribution is -2.36. The van der Waals surface area contributed by atoms with Gasteiger partial charge >= 0.3 is 0 Å². The molecule has 29 heavy (non-hydrogen) atoms. The second-order valence-corrected chi connectivity index (χ2v) is 7.62. The number of ether oxygens (including phenoxy) is 1. The quantitative estimate of drug-likeness (QED) is 0.656. The Balaban J connectivity index is 1.63. The van der Waals surface area contributed by atoms with Gasteiger partial charge in [-0.05, 0) is 62.4 Å². The van der Waals surface area contributed by atoms with E-state index in [1.54, 1.807) is 13.3 Å². The van der Waals surface area contributed by atoms with Crippen LogP contribution in [0.3, 0.4) is 0 Å². The van der Waals surface area contributed by atoms with E-state index in [1.807, 2.05) is 10.7 Å². The van der Waals surface area contributed by atoms with E-state index in [4.69, 9.17) is 9.84 Å². The maximum atomic E-state index is 12.1. The summed E-state index contributed by atoms with van der Waals surface area (Å²) in [5.41, 5.74) is 4.09. The zero-order valence-electron chi connectivity index (χ0n) is 17.5. The number of benzene rings is 1. The molecule has 1 aromatic carbocycles. The summed E-state index contributed by atoms with van der Waals surface area (Å²) in [6, 6.07) is 4.39. The molecule has 3 rings (SSSR count). The molecule has 158 valence electrons. The predicted octanol–water partition coefficient (Wildman–Crippen LogP) is 1.85. The first-order chi connectivity index (χ1) is 14.0. The molecule has 1 saturated heterocycles. The Morgan fingerprint density at radius 1 is 1.34 bits per heavy atom. The van der Waals surface area contributed by atoms with E-state index in [9.17, 15) is 4.79 Å². The Labute approximate surface area is 171 Å². The number of rotatable bonds is 8. The summed E-state index contributed by atoms with van der Waals surface area (Å²) in [5, 5.41) is 19.8. The van der Waals surface area contributed by atoms with Gasteiger partial charge in [0.2, 0.25) is 0 Å². The van der Waals surface area contributed by atoms with Crippen LogP contribution in [0, 0.1) is 13.8 Å². The fourth-order valence-electron chi connectivity index (χ4n) is 3.81. The molecule has 2 N–H and O–H groups in total. The molecule has 8 heteroatoms. The topological polar surface area (TPSA) is 92.5 Å². The number of piperidine rings is 1. The van der Waals surface area contributed by atoms with Gasteiger partial charge in [0.05, 0.1) is 19.3 Å². The number of methoxy groups -OCH3 is 1.